The van der Waals surface area contributed by atoms with Crippen LogP contribution < -0.4 is 15.5 Å². The molecule has 0 spiro atoms. The number of hydrogen-bond acceptors (Lipinski definition) is 12. The summed E-state index contributed by atoms with van der Waals surface area (Å²) in [6, 6.07) is -0.273. The Hall–Kier alpha value is -3.01. The number of aromatic amines is 1. The predicted molar refractivity (Wildman–Crippen MR) is 174 cm³/mol. The second kappa shape index (κ2) is 15.5. The zero-order valence-corrected chi connectivity index (χ0v) is 27.9. The van der Waals surface area contributed by atoms with Crippen molar-refractivity contribution in [3.05, 3.63) is 38.7 Å². The molecule has 2 saturated heterocycles. The van der Waals surface area contributed by atoms with Crippen LogP contribution in [-0.2, 0) is 14.2 Å². The maximum atomic E-state index is 13.1. The number of piperidine rings is 1. The van der Waals surface area contributed by atoms with E-state index < -0.39 is 5.97 Å². The van der Waals surface area contributed by atoms with E-state index in [1.54, 1.807) is 26.2 Å². The van der Waals surface area contributed by atoms with Crippen molar-refractivity contribution in [3.63, 3.8) is 0 Å². The largest absolute Gasteiger partial charge is 0.462 e. The number of aryl methyl sites for hydroxylation is 1. The average Bonchev–Trinajstić information content (AvgIpc) is 3.60. The smallest absolute Gasteiger partial charge is 0.350 e. The molecule has 0 radical (unpaired) electrons. The minimum Gasteiger partial charge on any atom is -0.462 e. The van der Waals surface area contributed by atoms with Crippen LogP contribution in [0.4, 0.5) is 10.9 Å². The number of amides is 1. The SMILES string of the molecule is CCOC(=O)c1sc(N2CC[C@@H](NC(=O)c3[nH]c(C)c(Cl)c3Cl)[C@@H](OCC)C2)nc1-c1cnc(NCCN2CCOCC2)cn1. The van der Waals surface area contributed by atoms with Gasteiger partial charge in [0.25, 0.3) is 5.91 Å². The van der Waals surface area contributed by atoms with Gasteiger partial charge in [0.2, 0.25) is 0 Å². The van der Waals surface area contributed by atoms with Crippen molar-refractivity contribution < 1.29 is 23.8 Å². The lowest BCUT2D eigenvalue weighted by molar-refractivity contribution is 0.0272. The van der Waals surface area contributed by atoms with E-state index in [9.17, 15) is 9.59 Å². The molecule has 2 aliphatic heterocycles. The third-order valence-electron chi connectivity index (χ3n) is 7.62. The number of esters is 1. The van der Waals surface area contributed by atoms with Crippen molar-refractivity contribution in [1.82, 2.24) is 30.2 Å². The van der Waals surface area contributed by atoms with Gasteiger partial charge >= 0.3 is 5.97 Å². The van der Waals surface area contributed by atoms with Crippen molar-refractivity contribution in [2.24, 2.45) is 0 Å². The van der Waals surface area contributed by atoms with Crippen LogP contribution in [-0.4, -0.2) is 115 Å². The van der Waals surface area contributed by atoms with Gasteiger partial charge in [-0.05, 0) is 27.2 Å². The van der Waals surface area contributed by atoms with Crippen molar-refractivity contribution in [2.75, 3.05) is 75.9 Å². The number of thiazole rings is 1. The molecule has 2 fully saturated rings. The van der Waals surface area contributed by atoms with Gasteiger partial charge in [-0.1, -0.05) is 34.5 Å². The van der Waals surface area contributed by atoms with Crippen LogP contribution in [0.3, 0.4) is 0 Å². The fourth-order valence-electron chi connectivity index (χ4n) is 5.27. The molecule has 3 aromatic heterocycles. The van der Waals surface area contributed by atoms with E-state index in [0.717, 1.165) is 39.4 Å². The van der Waals surface area contributed by atoms with Crippen molar-refractivity contribution in [3.8, 4) is 11.4 Å². The molecule has 3 aromatic rings. The Balaban J connectivity index is 1.28. The van der Waals surface area contributed by atoms with Crippen LogP contribution >= 0.6 is 34.5 Å². The third-order valence-corrected chi connectivity index (χ3v) is 9.66. The summed E-state index contributed by atoms with van der Waals surface area (Å²) in [5.41, 5.74) is 1.73. The zero-order valence-electron chi connectivity index (χ0n) is 25.5. The molecule has 0 aliphatic carbocycles. The highest BCUT2D eigenvalue weighted by Crippen LogP contribution is 2.35. The molecule has 0 saturated carbocycles. The quantitative estimate of drug-likeness (QED) is 0.240. The second-order valence-corrected chi connectivity index (χ2v) is 12.4. The highest BCUT2D eigenvalue weighted by atomic mass is 35.5. The molecule has 1 amide bonds. The van der Waals surface area contributed by atoms with E-state index in [0.29, 0.717) is 64.0 Å². The minimum atomic E-state index is -0.467. The van der Waals surface area contributed by atoms with Crippen molar-refractivity contribution >= 4 is 57.4 Å². The molecule has 0 unspecified atom stereocenters. The topological polar surface area (TPSA) is 147 Å². The summed E-state index contributed by atoms with van der Waals surface area (Å²) in [5, 5.41) is 7.51. The van der Waals surface area contributed by atoms with Gasteiger partial charge in [-0.25, -0.2) is 19.7 Å². The summed E-state index contributed by atoms with van der Waals surface area (Å²) in [5.74, 6) is -0.176. The van der Waals surface area contributed by atoms with E-state index in [2.05, 4.69) is 35.4 Å². The first kappa shape index (κ1) is 33.4. The number of carbonyl (C=O) groups excluding carboxylic acids is 2. The summed E-state index contributed by atoms with van der Waals surface area (Å²) >= 11 is 13.7. The summed E-state index contributed by atoms with van der Waals surface area (Å²) in [4.78, 5) is 47.7. The Bertz CT molecular complexity index is 1460. The number of anilines is 2. The molecule has 5 rings (SSSR count). The highest BCUT2D eigenvalue weighted by Gasteiger charge is 2.34. The van der Waals surface area contributed by atoms with Gasteiger partial charge in [0.1, 0.15) is 27.8 Å². The number of carbonyl (C=O) groups is 2. The number of nitrogens with one attached hydrogen (secondary N) is 3. The first-order chi connectivity index (χ1) is 21.8. The zero-order chi connectivity index (χ0) is 31.9. The number of ether oxygens (including phenoxy) is 3. The minimum absolute atomic E-state index is 0.193. The summed E-state index contributed by atoms with van der Waals surface area (Å²) < 4.78 is 16.8. The second-order valence-electron chi connectivity index (χ2n) is 10.6. The fraction of sp³-hybridized carbons (Fsp3) is 0.552. The lowest BCUT2D eigenvalue weighted by Gasteiger charge is -2.38. The molecule has 0 aromatic carbocycles. The van der Waals surface area contributed by atoms with E-state index in [1.165, 1.54) is 11.3 Å². The van der Waals surface area contributed by atoms with Gasteiger partial charge in [-0.15, -0.1) is 0 Å². The van der Waals surface area contributed by atoms with Crippen LogP contribution in [0.15, 0.2) is 12.4 Å². The molecular weight excluding hydrogens is 643 g/mol. The predicted octanol–water partition coefficient (Wildman–Crippen LogP) is 3.88. The number of morpholine rings is 1. The Morgan fingerprint density at radius 2 is 1.93 bits per heavy atom. The Kier molecular flexibility index (Phi) is 11.5. The van der Waals surface area contributed by atoms with E-state index >= 15 is 0 Å². The van der Waals surface area contributed by atoms with E-state index in [1.807, 2.05) is 6.92 Å². The Morgan fingerprint density at radius 3 is 2.60 bits per heavy atom. The first-order valence-corrected chi connectivity index (χ1v) is 16.6. The normalized spacial score (nSPS) is 19.0. The van der Waals surface area contributed by atoms with Gasteiger partial charge in [0, 0.05) is 51.6 Å². The molecule has 16 heteroatoms. The number of aromatic nitrogens is 4. The molecule has 2 aliphatic rings. The Labute approximate surface area is 276 Å². The van der Waals surface area contributed by atoms with Crippen molar-refractivity contribution in [2.45, 2.75) is 39.3 Å². The maximum Gasteiger partial charge on any atom is 0.350 e. The fourth-order valence-corrected chi connectivity index (χ4v) is 6.69. The summed E-state index contributed by atoms with van der Waals surface area (Å²) in [7, 11) is 0. The van der Waals surface area contributed by atoms with Gasteiger partial charge in [-0.3, -0.25) is 9.69 Å². The summed E-state index contributed by atoms with van der Waals surface area (Å²) in [6.07, 6.45) is 3.50. The van der Waals surface area contributed by atoms with Crippen molar-refractivity contribution in [1.29, 1.82) is 0 Å². The molecular formula is C29H38Cl2N8O5S. The molecule has 0 bridgehead atoms. The molecule has 3 N–H and O–H groups in total. The first-order valence-electron chi connectivity index (χ1n) is 15.0. The number of hydrogen-bond donors (Lipinski definition) is 3. The number of H-pyrrole nitrogens is 1. The van der Waals surface area contributed by atoms with Crippen LogP contribution in [0.5, 0.6) is 0 Å². The lowest BCUT2D eigenvalue weighted by Crippen LogP contribution is -2.55. The van der Waals surface area contributed by atoms with Gasteiger partial charge in [0.05, 0.1) is 54.4 Å². The van der Waals surface area contributed by atoms with Crippen LogP contribution in [0.2, 0.25) is 10.0 Å². The molecule has 13 nitrogen and oxygen atoms in total. The molecule has 2 atom stereocenters. The summed E-state index contributed by atoms with van der Waals surface area (Å²) in [6.45, 7) is 12.1. The average molecular weight is 682 g/mol. The maximum absolute atomic E-state index is 13.1. The van der Waals surface area contributed by atoms with Crippen LogP contribution in [0.1, 0.15) is 46.1 Å². The Morgan fingerprint density at radius 1 is 1.13 bits per heavy atom. The standard InChI is InChI=1S/C29H38Cl2N8O5S/c1-4-43-20-16-39(8-6-18(20)36-27(40)25-23(31)22(30)17(3)35-25)29-37-24(26(45-29)28(41)44-5-2)19-14-34-21(15-33-19)32-7-9-38-10-12-42-13-11-38/h14-15,18,20,35H,4-13,16H2,1-3H3,(H,32,34)(H,36,40)/t18-,20+/m1/s1. The van der Waals surface area contributed by atoms with Crippen LogP contribution in [0.25, 0.3) is 11.4 Å². The monoisotopic (exact) mass is 680 g/mol. The van der Waals surface area contributed by atoms with E-state index in [4.69, 9.17) is 42.4 Å². The number of rotatable bonds is 12. The van der Waals surface area contributed by atoms with E-state index in [-0.39, 0.29) is 35.4 Å². The van der Waals surface area contributed by atoms with Crippen LogP contribution in [0, 0.1) is 6.92 Å². The molecule has 244 valence electrons. The van der Waals surface area contributed by atoms with Gasteiger partial charge in [0.15, 0.2) is 5.13 Å². The highest BCUT2D eigenvalue weighted by molar-refractivity contribution is 7.17. The van der Waals surface area contributed by atoms with Gasteiger partial charge in [-0.2, -0.15) is 0 Å². The third kappa shape index (κ3) is 8.05. The van der Waals surface area contributed by atoms with Gasteiger partial charge < -0.3 is 34.7 Å². The molecule has 5 heterocycles. The number of halogens is 2. The molecule has 45 heavy (non-hydrogen) atoms. The number of nitrogens with zero attached hydrogens (tertiary/aromatic N) is 5. The lowest BCUT2D eigenvalue weighted by atomic mass is 10.0.